The summed E-state index contributed by atoms with van der Waals surface area (Å²) < 4.78 is 12.1. The summed E-state index contributed by atoms with van der Waals surface area (Å²) in [5, 5.41) is 4.12. The van der Waals surface area contributed by atoms with Crippen molar-refractivity contribution in [2.75, 3.05) is 19.5 Å². The molecule has 2 aromatic heterocycles. The maximum Gasteiger partial charge on any atom is 0.277 e. The number of nitrogens with one attached hydrogen (secondary N) is 2. The van der Waals surface area contributed by atoms with Crippen LogP contribution in [-0.4, -0.2) is 34.7 Å². The Morgan fingerprint density at radius 1 is 1.17 bits per heavy atom. The molecule has 0 unspecified atom stereocenters. The second-order valence-corrected chi connectivity index (χ2v) is 7.09. The lowest BCUT2D eigenvalue weighted by Gasteiger charge is -2.07. The van der Waals surface area contributed by atoms with Crippen LogP contribution in [0.2, 0.25) is 5.02 Å². The molecule has 0 fully saturated rings. The number of halogens is 1. The maximum absolute atomic E-state index is 12.9. The number of aryl methyl sites for hydroxylation is 1. The van der Waals surface area contributed by atoms with E-state index >= 15 is 0 Å². The molecule has 2 heterocycles. The molecule has 0 spiro atoms. The Morgan fingerprint density at radius 2 is 1.87 bits per heavy atom. The van der Waals surface area contributed by atoms with Crippen LogP contribution < -0.4 is 20.3 Å². The van der Waals surface area contributed by atoms with E-state index in [0.29, 0.717) is 38.8 Å². The fourth-order valence-corrected chi connectivity index (χ4v) is 3.38. The van der Waals surface area contributed by atoms with E-state index in [0.717, 1.165) is 5.39 Å². The molecule has 0 bridgehead atoms. The van der Waals surface area contributed by atoms with Crippen molar-refractivity contribution >= 4 is 45.1 Å². The zero-order chi connectivity index (χ0) is 21.3. The number of carbonyl (C=O) groups is 1. The molecule has 154 valence electrons. The first-order chi connectivity index (χ1) is 14.5. The Kier molecular flexibility index (Phi) is 5.33. The number of rotatable bonds is 6. The molecule has 0 saturated carbocycles. The molecule has 0 aliphatic rings. The quantitative estimate of drug-likeness (QED) is 0.491. The molecule has 0 radical (unpaired) electrons. The van der Waals surface area contributed by atoms with Gasteiger partial charge in [0.05, 0.1) is 26.1 Å². The van der Waals surface area contributed by atoms with E-state index in [4.69, 9.17) is 21.1 Å². The molecule has 9 heteroatoms. The van der Waals surface area contributed by atoms with Crippen LogP contribution in [0.15, 0.2) is 47.5 Å². The summed E-state index contributed by atoms with van der Waals surface area (Å²) in [6.07, 6.45) is 1.57. The van der Waals surface area contributed by atoms with Crippen molar-refractivity contribution in [1.82, 2.24) is 14.5 Å². The molecule has 1 amide bonds. The number of ether oxygens (including phenoxy) is 2. The number of amides is 1. The van der Waals surface area contributed by atoms with E-state index in [1.807, 2.05) is 0 Å². The van der Waals surface area contributed by atoms with Gasteiger partial charge in [0.25, 0.3) is 5.56 Å². The van der Waals surface area contributed by atoms with Gasteiger partial charge < -0.3 is 19.8 Å². The third-order valence-corrected chi connectivity index (χ3v) is 5.04. The summed E-state index contributed by atoms with van der Waals surface area (Å²) in [5.41, 5.74) is 2.00. The minimum absolute atomic E-state index is 0.123. The summed E-state index contributed by atoms with van der Waals surface area (Å²) in [4.78, 5) is 32.6. The molecule has 30 heavy (non-hydrogen) atoms. The fraction of sp³-hybridized carbons (Fsp3) is 0.190. The van der Waals surface area contributed by atoms with Gasteiger partial charge in [0.1, 0.15) is 11.0 Å². The van der Waals surface area contributed by atoms with Crippen LogP contribution in [0.4, 0.5) is 5.69 Å². The van der Waals surface area contributed by atoms with E-state index in [-0.39, 0.29) is 24.4 Å². The van der Waals surface area contributed by atoms with Crippen LogP contribution in [0.1, 0.15) is 6.42 Å². The minimum atomic E-state index is -0.256. The molecule has 2 aromatic carbocycles. The molecular formula is C21H19ClN4O4. The van der Waals surface area contributed by atoms with Gasteiger partial charge in [-0.15, -0.1) is 0 Å². The van der Waals surface area contributed by atoms with Crippen molar-refractivity contribution in [3.8, 4) is 11.5 Å². The van der Waals surface area contributed by atoms with Crippen molar-refractivity contribution in [1.29, 1.82) is 0 Å². The van der Waals surface area contributed by atoms with Gasteiger partial charge in [-0.05, 0) is 30.3 Å². The van der Waals surface area contributed by atoms with Crippen LogP contribution in [0.25, 0.3) is 21.9 Å². The fourth-order valence-electron chi connectivity index (χ4n) is 3.26. The van der Waals surface area contributed by atoms with Crippen LogP contribution in [-0.2, 0) is 11.3 Å². The predicted molar refractivity (Wildman–Crippen MR) is 116 cm³/mol. The van der Waals surface area contributed by atoms with Gasteiger partial charge in [-0.25, -0.2) is 4.98 Å². The monoisotopic (exact) mass is 426 g/mol. The maximum atomic E-state index is 12.9. The van der Waals surface area contributed by atoms with Crippen molar-refractivity contribution in [3.63, 3.8) is 0 Å². The second-order valence-electron chi connectivity index (χ2n) is 6.65. The number of methoxy groups -OCH3 is 2. The average Bonchev–Trinajstić information content (AvgIpc) is 3.12. The van der Waals surface area contributed by atoms with E-state index in [1.54, 1.807) is 50.6 Å². The van der Waals surface area contributed by atoms with Crippen molar-refractivity contribution in [2.24, 2.45) is 0 Å². The average molecular weight is 427 g/mol. The lowest BCUT2D eigenvalue weighted by atomic mass is 10.2. The first-order valence-corrected chi connectivity index (χ1v) is 9.56. The number of benzene rings is 2. The molecule has 4 aromatic rings. The van der Waals surface area contributed by atoms with Crippen molar-refractivity contribution in [3.05, 3.63) is 58.1 Å². The molecule has 0 saturated heterocycles. The van der Waals surface area contributed by atoms with Crippen molar-refractivity contribution < 1.29 is 14.3 Å². The highest BCUT2D eigenvalue weighted by Gasteiger charge is 2.15. The molecular weight excluding hydrogens is 408 g/mol. The Bertz CT molecular complexity index is 1290. The SMILES string of the molecule is COc1cc2[nH]c3c(=O)n(CCC(=O)Nc4ccc(Cl)cc4)cnc3c2cc1OC. The third-order valence-electron chi connectivity index (χ3n) is 4.78. The topological polar surface area (TPSA) is 98.2 Å². The number of aromatic amines is 1. The number of anilines is 1. The van der Waals surface area contributed by atoms with E-state index < -0.39 is 0 Å². The van der Waals surface area contributed by atoms with Crippen LogP contribution >= 0.6 is 11.6 Å². The summed E-state index contributed by atoms with van der Waals surface area (Å²) >= 11 is 5.84. The Balaban J connectivity index is 1.58. The molecule has 0 aliphatic carbocycles. The summed E-state index contributed by atoms with van der Waals surface area (Å²) in [6, 6.07) is 10.4. The largest absolute Gasteiger partial charge is 0.493 e. The molecule has 4 rings (SSSR count). The molecule has 0 atom stereocenters. The van der Waals surface area contributed by atoms with Gasteiger partial charge in [0.2, 0.25) is 5.91 Å². The van der Waals surface area contributed by atoms with Gasteiger partial charge in [-0.3, -0.25) is 14.2 Å². The first kappa shape index (κ1) is 19.8. The van der Waals surface area contributed by atoms with Gasteiger partial charge in [0, 0.05) is 35.1 Å². The second kappa shape index (κ2) is 8.08. The Morgan fingerprint density at radius 3 is 2.57 bits per heavy atom. The highest BCUT2D eigenvalue weighted by molar-refractivity contribution is 6.30. The van der Waals surface area contributed by atoms with Gasteiger partial charge in [-0.2, -0.15) is 0 Å². The van der Waals surface area contributed by atoms with E-state index in [2.05, 4.69) is 15.3 Å². The normalized spacial score (nSPS) is 11.0. The zero-order valence-corrected chi connectivity index (χ0v) is 17.1. The van der Waals surface area contributed by atoms with Gasteiger partial charge in [-0.1, -0.05) is 11.6 Å². The lowest BCUT2D eigenvalue weighted by molar-refractivity contribution is -0.116. The molecule has 0 aliphatic heterocycles. The molecule has 2 N–H and O–H groups in total. The zero-order valence-electron chi connectivity index (χ0n) is 16.4. The highest BCUT2D eigenvalue weighted by atomic mass is 35.5. The lowest BCUT2D eigenvalue weighted by Crippen LogP contribution is -2.23. The number of H-pyrrole nitrogens is 1. The number of fused-ring (bicyclic) bond motifs is 3. The van der Waals surface area contributed by atoms with E-state index in [1.165, 1.54) is 10.9 Å². The van der Waals surface area contributed by atoms with E-state index in [9.17, 15) is 9.59 Å². The number of carbonyl (C=O) groups excluding carboxylic acids is 1. The molecule has 8 nitrogen and oxygen atoms in total. The summed E-state index contributed by atoms with van der Waals surface area (Å²) in [6.45, 7) is 0.198. The first-order valence-electron chi connectivity index (χ1n) is 9.18. The van der Waals surface area contributed by atoms with Crippen LogP contribution in [0.3, 0.4) is 0 Å². The highest BCUT2D eigenvalue weighted by Crippen LogP contribution is 2.34. The summed E-state index contributed by atoms with van der Waals surface area (Å²) in [7, 11) is 3.10. The smallest absolute Gasteiger partial charge is 0.277 e. The van der Waals surface area contributed by atoms with Crippen LogP contribution in [0, 0.1) is 0 Å². The Hall–Kier alpha value is -3.52. The third kappa shape index (κ3) is 3.69. The number of hydrogen-bond donors (Lipinski definition) is 2. The number of nitrogens with zero attached hydrogens (tertiary/aromatic N) is 2. The number of aromatic nitrogens is 3. The standard InChI is InChI=1S/C21H19ClN4O4/c1-29-16-9-14-15(10-17(16)30-2)25-20-19(14)23-11-26(21(20)28)8-7-18(27)24-13-5-3-12(22)4-6-13/h3-6,9-11,25H,7-8H2,1-2H3,(H,24,27). The van der Waals surface area contributed by atoms with Gasteiger partial charge in [0.15, 0.2) is 11.5 Å². The van der Waals surface area contributed by atoms with Crippen LogP contribution in [0.5, 0.6) is 11.5 Å². The predicted octanol–water partition coefficient (Wildman–Crippen LogP) is 3.58. The Labute approximate surface area is 176 Å². The van der Waals surface area contributed by atoms with Crippen molar-refractivity contribution in [2.45, 2.75) is 13.0 Å². The summed E-state index contributed by atoms with van der Waals surface area (Å²) in [5.74, 6) is 0.891. The minimum Gasteiger partial charge on any atom is -0.493 e. The van der Waals surface area contributed by atoms with Gasteiger partial charge >= 0.3 is 0 Å². The number of hydrogen-bond acceptors (Lipinski definition) is 5.